The molecule has 1 rings (SSSR count). The summed E-state index contributed by atoms with van der Waals surface area (Å²) in [5.74, 6) is -0.948. The Kier molecular flexibility index (Phi) is 5.31. The number of anilines is 1. The number of hydrogen-bond donors (Lipinski definition) is 2. The third kappa shape index (κ3) is 4.28. The molecular weight excluding hydrogens is 236 g/mol. The maximum atomic E-state index is 10.6. The first-order valence-electron chi connectivity index (χ1n) is 5.38. The molecule has 0 aliphatic carbocycles. The molecule has 17 heavy (non-hydrogen) atoms. The lowest BCUT2D eigenvalue weighted by atomic mass is 10.2. The van der Waals surface area contributed by atoms with Gasteiger partial charge >= 0.3 is 5.97 Å². The Bertz CT molecular complexity index is 367. The van der Waals surface area contributed by atoms with E-state index < -0.39 is 12.0 Å². The number of carboxylic acids is 1. The summed E-state index contributed by atoms with van der Waals surface area (Å²) >= 11 is 1.70. The number of carboxylic acid groups (broad SMARTS) is 1. The molecule has 4 nitrogen and oxygen atoms in total. The first kappa shape index (κ1) is 13.9. The van der Waals surface area contributed by atoms with E-state index in [1.165, 1.54) is 4.90 Å². The van der Waals surface area contributed by atoms with Crippen LogP contribution in [0.3, 0.4) is 0 Å². The van der Waals surface area contributed by atoms with E-state index in [0.717, 1.165) is 5.69 Å². The Morgan fingerprint density at radius 1 is 1.47 bits per heavy atom. The Labute approximate surface area is 106 Å². The van der Waals surface area contributed by atoms with Crippen molar-refractivity contribution in [3.05, 3.63) is 24.3 Å². The van der Waals surface area contributed by atoms with Gasteiger partial charge in [0.1, 0.15) is 6.04 Å². The normalized spacial score (nSPS) is 12.2. The molecule has 5 heteroatoms. The predicted molar refractivity (Wildman–Crippen MR) is 71.7 cm³/mol. The molecule has 0 heterocycles. The van der Waals surface area contributed by atoms with Crippen LogP contribution < -0.4 is 10.6 Å². The van der Waals surface area contributed by atoms with E-state index in [9.17, 15) is 4.79 Å². The number of aliphatic carboxylic acids is 1. The van der Waals surface area contributed by atoms with Gasteiger partial charge in [-0.3, -0.25) is 4.79 Å². The first-order chi connectivity index (χ1) is 8.04. The van der Waals surface area contributed by atoms with Crippen LogP contribution in [0.25, 0.3) is 0 Å². The molecule has 0 aromatic heterocycles. The fourth-order valence-electron chi connectivity index (χ4n) is 1.42. The van der Waals surface area contributed by atoms with Crippen molar-refractivity contribution >= 4 is 23.4 Å². The second kappa shape index (κ2) is 6.51. The highest BCUT2D eigenvalue weighted by molar-refractivity contribution is 7.98. The highest BCUT2D eigenvalue weighted by atomic mass is 32.2. The fourth-order valence-corrected chi connectivity index (χ4v) is 1.83. The van der Waals surface area contributed by atoms with Crippen LogP contribution in [0, 0.1) is 0 Å². The van der Waals surface area contributed by atoms with Crippen molar-refractivity contribution in [2.75, 3.05) is 24.7 Å². The summed E-state index contributed by atoms with van der Waals surface area (Å²) in [6.45, 7) is 0.631. The van der Waals surface area contributed by atoms with E-state index in [1.54, 1.807) is 11.8 Å². The Balaban J connectivity index is 2.51. The minimum atomic E-state index is -0.948. The quantitative estimate of drug-likeness (QED) is 0.756. The first-order valence-corrected chi connectivity index (χ1v) is 6.60. The highest BCUT2D eigenvalue weighted by Crippen LogP contribution is 2.19. The van der Waals surface area contributed by atoms with Gasteiger partial charge in [-0.2, -0.15) is 0 Å². The molecule has 0 saturated heterocycles. The minimum Gasteiger partial charge on any atom is -0.480 e. The summed E-state index contributed by atoms with van der Waals surface area (Å²) in [7, 11) is 1.93. The molecule has 1 unspecified atom stereocenters. The summed E-state index contributed by atoms with van der Waals surface area (Å²) < 4.78 is 0. The van der Waals surface area contributed by atoms with Gasteiger partial charge in [-0.15, -0.1) is 11.8 Å². The molecule has 1 atom stereocenters. The van der Waals surface area contributed by atoms with E-state index in [1.807, 2.05) is 42.5 Å². The van der Waals surface area contributed by atoms with Crippen molar-refractivity contribution in [2.24, 2.45) is 5.73 Å². The molecule has 0 radical (unpaired) electrons. The number of nitrogens with two attached hydrogens (primary N) is 1. The molecule has 0 fully saturated rings. The van der Waals surface area contributed by atoms with Crippen LogP contribution >= 0.6 is 11.8 Å². The predicted octanol–water partition coefficient (Wildman–Crippen LogP) is 1.65. The van der Waals surface area contributed by atoms with Crippen LogP contribution in [0.4, 0.5) is 5.69 Å². The number of rotatable bonds is 6. The Morgan fingerprint density at radius 3 is 2.53 bits per heavy atom. The summed E-state index contributed by atoms with van der Waals surface area (Å²) in [5.41, 5.74) is 6.53. The second-order valence-corrected chi connectivity index (χ2v) is 4.73. The van der Waals surface area contributed by atoms with Crippen LogP contribution in [0.15, 0.2) is 29.2 Å². The monoisotopic (exact) mass is 254 g/mol. The molecule has 0 amide bonds. The molecule has 0 aliphatic heterocycles. The van der Waals surface area contributed by atoms with Crippen molar-refractivity contribution in [2.45, 2.75) is 17.4 Å². The summed E-state index contributed by atoms with van der Waals surface area (Å²) in [6.07, 6.45) is 2.47. The molecule has 0 bridgehead atoms. The molecular formula is C12H18N2O2S. The Morgan fingerprint density at radius 2 is 2.06 bits per heavy atom. The second-order valence-electron chi connectivity index (χ2n) is 3.85. The molecule has 94 valence electrons. The maximum Gasteiger partial charge on any atom is 0.320 e. The third-order valence-electron chi connectivity index (χ3n) is 2.61. The molecule has 1 aromatic rings. The van der Waals surface area contributed by atoms with Gasteiger partial charge in [0.15, 0.2) is 0 Å². The van der Waals surface area contributed by atoms with Gasteiger partial charge < -0.3 is 15.7 Å². The minimum absolute atomic E-state index is 0.441. The van der Waals surface area contributed by atoms with Crippen LogP contribution in [-0.2, 0) is 4.79 Å². The summed E-state index contributed by atoms with van der Waals surface area (Å²) in [4.78, 5) is 13.8. The van der Waals surface area contributed by atoms with E-state index in [-0.39, 0.29) is 0 Å². The highest BCUT2D eigenvalue weighted by Gasteiger charge is 2.12. The average molecular weight is 254 g/mol. The van der Waals surface area contributed by atoms with Gasteiger partial charge in [-0.1, -0.05) is 0 Å². The largest absolute Gasteiger partial charge is 0.480 e. The van der Waals surface area contributed by atoms with Crippen molar-refractivity contribution in [1.82, 2.24) is 0 Å². The van der Waals surface area contributed by atoms with E-state index in [4.69, 9.17) is 10.8 Å². The molecule has 0 saturated carbocycles. The smallest absolute Gasteiger partial charge is 0.320 e. The molecule has 0 spiro atoms. The molecule has 0 aliphatic rings. The van der Waals surface area contributed by atoms with Gasteiger partial charge in [0.05, 0.1) is 0 Å². The number of hydrogen-bond acceptors (Lipinski definition) is 4. The average Bonchev–Trinajstić information content (AvgIpc) is 2.35. The fraction of sp³-hybridized carbons (Fsp3) is 0.417. The maximum absolute atomic E-state index is 10.6. The van der Waals surface area contributed by atoms with Gasteiger partial charge in [0.2, 0.25) is 0 Å². The molecule has 1 aromatic carbocycles. The lowest BCUT2D eigenvalue weighted by Gasteiger charge is -2.20. The number of benzene rings is 1. The molecule has 3 N–H and O–H groups in total. The van der Waals surface area contributed by atoms with Gasteiger partial charge in [0, 0.05) is 24.2 Å². The lowest BCUT2D eigenvalue weighted by molar-refractivity contribution is -0.138. The lowest BCUT2D eigenvalue weighted by Crippen LogP contribution is -2.34. The summed E-state index contributed by atoms with van der Waals surface area (Å²) in [6, 6.07) is 7.36. The van der Waals surface area contributed by atoms with E-state index in [2.05, 4.69) is 0 Å². The van der Waals surface area contributed by atoms with Crippen molar-refractivity contribution < 1.29 is 9.90 Å². The van der Waals surface area contributed by atoms with Crippen molar-refractivity contribution in [3.8, 4) is 0 Å². The van der Waals surface area contributed by atoms with Crippen molar-refractivity contribution in [3.63, 3.8) is 0 Å². The van der Waals surface area contributed by atoms with Crippen LogP contribution in [-0.4, -0.2) is 37.0 Å². The summed E-state index contributed by atoms with van der Waals surface area (Å²) in [5, 5.41) is 8.69. The van der Waals surface area contributed by atoms with Crippen LogP contribution in [0.5, 0.6) is 0 Å². The SMILES string of the molecule is CSc1ccc(N(C)CCC(N)C(=O)O)cc1. The zero-order valence-corrected chi connectivity index (χ0v) is 10.9. The zero-order chi connectivity index (χ0) is 12.8. The van der Waals surface area contributed by atoms with Crippen LogP contribution in [0.1, 0.15) is 6.42 Å². The van der Waals surface area contributed by atoms with Gasteiger partial charge in [0.25, 0.3) is 0 Å². The van der Waals surface area contributed by atoms with E-state index in [0.29, 0.717) is 13.0 Å². The van der Waals surface area contributed by atoms with Crippen LogP contribution in [0.2, 0.25) is 0 Å². The number of carbonyl (C=O) groups is 1. The van der Waals surface area contributed by atoms with E-state index >= 15 is 0 Å². The topological polar surface area (TPSA) is 66.6 Å². The zero-order valence-electron chi connectivity index (χ0n) is 10.1. The Hall–Kier alpha value is -1.20. The van der Waals surface area contributed by atoms with Crippen molar-refractivity contribution in [1.29, 1.82) is 0 Å². The van der Waals surface area contributed by atoms with Gasteiger partial charge in [-0.05, 0) is 36.9 Å². The van der Waals surface area contributed by atoms with Gasteiger partial charge in [-0.25, -0.2) is 0 Å². The standard InChI is InChI=1S/C12H18N2O2S/c1-14(8-7-11(13)12(15)16)9-3-5-10(17-2)6-4-9/h3-6,11H,7-8,13H2,1-2H3,(H,15,16). The number of nitrogens with zero attached hydrogens (tertiary/aromatic N) is 1. The number of thioether (sulfide) groups is 1. The third-order valence-corrected chi connectivity index (χ3v) is 3.35.